The molecule has 82 valence electrons. The van der Waals surface area contributed by atoms with Crippen LogP contribution >= 0.6 is 0 Å². The molecule has 0 saturated heterocycles. The summed E-state index contributed by atoms with van der Waals surface area (Å²) in [4.78, 5) is 11.7. The third-order valence-corrected chi connectivity index (χ3v) is 3.17. The van der Waals surface area contributed by atoms with Crippen molar-refractivity contribution in [1.29, 1.82) is 0 Å². The molecule has 0 aromatic heterocycles. The SMILES string of the molecule is CNC(=O)C(CCC1CC1)C(C)(C)C. The van der Waals surface area contributed by atoms with Crippen LogP contribution in [0.4, 0.5) is 0 Å². The molecule has 2 nitrogen and oxygen atoms in total. The lowest BCUT2D eigenvalue weighted by Crippen LogP contribution is -2.36. The molecule has 1 fully saturated rings. The van der Waals surface area contributed by atoms with E-state index in [1.165, 1.54) is 19.3 Å². The lowest BCUT2D eigenvalue weighted by molar-refractivity contribution is -0.128. The van der Waals surface area contributed by atoms with Gasteiger partial charge in [-0.1, -0.05) is 33.6 Å². The summed E-state index contributed by atoms with van der Waals surface area (Å²) in [6.45, 7) is 6.46. The molecule has 0 aliphatic heterocycles. The molecule has 1 saturated carbocycles. The van der Waals surface area contributed by atoms with Crippen LogP contribution in [0, 0.1) is 17.3 Å². The van der Waals surface area contributed by atoms with E-state index in [0.29, 0.717) is 0 Å². The highest BCUT2D eigenvalue weighted by Gasteiger charge is 2.32. The van der Waals surface area contributed by atoms with E-state index in [0.717, 1.165) is 12.3 Å². The zero-order valence-electron chi connectivity index (χ0n) is 9.89. The van der Waals surface area contributed by atoms with Crippen molar-refractivity contribution in [2.75, 3.05) is 7.05 Å². The van der Waals surface area contributed by atoms with E-state index in [4.69, 9.17) is 0 Å². The van der Waals surface area contributed by atoms with Gasteiger partial charge in [0.15, 0.2) is 0 Å². The standard InChI is InChI=1S/C12H23NO/c1-12(2,3)10(11(14)13-4)8-7-9-5-6-9/h9-10H,5-8H2,1-4H3,(H,13,14). The summed E-state index contributed by atoms with van der Waals surface area (Å²) in [5, 5.41) is 2.78. The number of carbonyl (C=O) groups excluding carboxylic acids is 1. The Morgan fingerprint density at radius 1 is 1.43 bits per heavy atom. The van der Waals surface area contributed by atoms with Gasteiger partial charge in [0.25, 0.3) is 0 Å². The quantitative estimate of drug-likeness (QED) is 0.737. The number of rotatable bonds is 4. The van der Waals surface area contributed by atoms with Crippen molar-refractivity contribution >= 4 is 5.91 Å². The summed E-state index contributed by atoms with van der Waals surface area (Å²) in [6.07, 6.45) is 5.04. The van der Waals surface area contributed by atoms with E-state index >= 15 is 0 Å². The topological polar surface area (TPSA) is 29.1 Å². The summed E-state index contributed by atoms with van der Waals surface area (Å²) in [6, 6.07) is 0. The molecular weight excluding hydrogens is 174 g/mol. The fraction of sp³-hybridized carbons (Fsp3) is 0.917. The van der Waals surface area contributed by atoms with E-state index in [9.17, 15) is 4.79 Å². The van der Waals surface area contributed by atoms with Crippen LogP contribution in [-0.4, -0.2) is 13.0 Å². The Hall–Kier alpha value is -0.530. The molecule has 1 atom stereocenters. The van der Waals surface area contributed by atoms with Crippen molar-refractivity contribution < 1.29 is 4.79 Å². The van der Waals surface area contributed by atoms with Crippen molar-refractivity contribution in [2.45, 2.75) is 46.5 Å². The predicted octanol–water partition coefficient (Wildman–Crippen LogP) is 2.58. The summed E-state index contributed by atoms with van der Waals surface area (Å²) in [7, 11) is 1.73. The maximum absolute atomic E-state index is 11.7. The molecule has 1 rings (SSSR count). The van der Waals surface area contributed by atoms with Crippen LogP contribution in [-0.2, 0) is 4.79 Å². The average molecular weight is 197 g/mol. The normalized spacial score (nSPS) is 19.1. The molecule has 0 spiro atoms. The largest absolute Gasteiger partial charge is 0.359 e. The Kier molecular flexibility index (Phi) is 3.57. The van der Waals surface area contributed by atoms with E-state index < -0.39 is 0 Å². The van der Waals surface area contributed by atoms with Crippen LogP contribution < -0.4 is 5.32 Å². The lowest BCUT2D eigenvalue weighted by atomic mass is 9.77. The number of amides is 1. The van der Waals surface area contributed by atoms with Crippen molar-refractivity contribution in [3.63, 3.8) is 0 Å². The van der Waals surface area contributed by atoms with Gasteiger partial charge in [0.2, 0.25) is 5.91 Å². The van der Waals surface area contributed by atoms with Crippen molar-refractivity contribution in [2.24, 2.45) is 17.3 Å². The van der Waals surface area contributed by atoms with E-state index in [2.05, 4.69) is 26.1 Å². The van der Waals surface area contributed by atoms with Crippen LogP contribution in [0.2, 0.25) is 0 Å². The monoisotopic (exact) mass is 197 g/mol. The Balaban J connectivity index is 2.46. The highest BCUT2D eigenvalue weighted by molar-refractivity contribution is 5.79. The molecular formula is C12H23NO. The van der Waals surface area contributed by atoms with Crippen LogP contribution in [0.1, 0.15) is 46.5 Å². The fourth-order valence-corrected chi connectivity index (χ4v) is 1.94. The minimum atomic E-state index is 0.0922. The molecule has 1 aliphatic carbocycles. The highest BCUT2D eigenvalue weighted by atomic mass is 16.1. The van der Waals surface area contributed by atoms with Crippen LogP contribution in [0.15, 0.2) is 0 Å². The Bertz CT molecular complexity index is 201. The zero-order valence-corrected chi connectivity index (χ0v) is 9.89. The smallest absolute Gasteiger partial charge is 0.223 e. The molecule has 14 heavy (non-hydrogen) atoms. The maximum Gasteiger partial charge on any atom is 0.223 e. The molecule has 0 aromatic rings. The third kappa shape index (κ3) is 3.32. The van der Waals surface area contributed by atoms with Gasteiger partial charge in [-0.15, -0.1) is 0 Å². The van der Waals surface area contributed by atoms with E-state index in [1.807, 2.05) is 0 Å². The minimum Gasteiger partial charge on any atom is -0.359 e. The first kappa shape index (κ1) is 11.5. The first-order chi connectivity index (χ1) is 6.45. The van der Waals surface area contributed by atoms with E-state index in [-0.39, 0.29) is 17.2 Å². The summed E-state index contributed by atoms with van der Waals surface area (Å²) in [5.41, 5.74) is 0.0922. The zero-order chi connectivity index (χ0) is 10.8. The Morgan fingerprint density at radius 3 is 2.36 bits per heavy atom. The average Bonchev–Trinajstić information content (AvgIpc) is 2.85. The van der Waals surface area contributed by atoms with Gasteiger partial charge in [-0.05, 0) is 24.2 Å². The van der Waals surface area contributed by atoms with Crippen molar-refractivity contribution in [1.82, 2.24) is 5.32 Å². The number of hydrogen-bond donors (Lipinski definition) is 1. The Morgan fingerprint density at radius 2 is 2.00 bits per heavy atom. The van der Waals surface area contributed by atoms with Gasteiger partial charge in [0.1, 0.15) is 0 Å². The molecule has 0 bridgehead atoms. The predicted molar refractivity (Wildman–Crippen MR) is 59.0 cm³/mol. The van der Waals surface area contributed by atoms with E-state index in [1.54, 1.807) is 7.05 Å². The highest BCUT2D eigenvalue weighted by Crippen LogP contribution is 2.38. The van der Waals surface area contributed by atoms with Gasteiger partial charge in [-0.2, -0.15) is 0 Å². The number of hydrogen-bond acceptors (Lipinski definition) is 1. The molecule has 1 aliphatic rings. The van der Waals surface area contributed by atoms with Gasteiger partial charge in [-0.25, -0.2) is 0 Å². The summed E-state index contributed by atoms with van der Waals surface area (Å²) in [5.74, 6) is 1.30. The fourth-order valence-electron chi connectivity index (χ4n) is 1.94. The first-order valence-corrected chi connectivity index (χ1v) is 5.66. The Labute approximate surface area is 87.5 Å². The molecule has 0 aromatic carbocycles. The second kappa shape index (κ2) is 4.33. The first-order valence-electron chi connectivity index (χ1n) is 5.66. The maximum atomic E-state index is 11.7. The van der Waals surface area contributed by atoms with Gasteiger partial charge in [0, 0.05) is 13.0 Å². The molecule has 1 N–H and O–H groups in total. The van der Waals surface area contributed by atoms with Crippen LogP contribution in [0.25, 0.3) is 0 Å². The van der Waals surface area contributed by atoms with Crippen molar-refractivity contribution in [3.8, 4) is 0 Å². The molecule has 1 unspecified atom stereocenters. The third-order valence-electron chi connectivity index (χ3n) is 3.17. The number of carbonyl (C=O) groups is 1. The summed E-state index contributed by atoms with van der Waals surface area (Å²) >= 11 is 0. The molecule has 1 amide bonds. The molecule has 2 heteroatoms. The van der Waals surface area contributed by atoms with Crippen LogP contribution in [0.5, 0.6) is 0 Å². The molecule has 0 heterocycles. The van der Waals surface area contributed by atoms with Gasteiger partial charge in [-0.3, -0.25) is 4.79 Å². The minimum absolute atomic E-state index is 0.0922. The number of nitrogens with one attached hydrogen (secondary N) is 1. The van der Waals surface area contributed by atoms with Crippen molar-refractivity contribution in [3.05, 3.63) is 0 Å². The molecule has 0 radical (unpaired) electrons. The van der Waals surface area contributed by atoms with Crippen LogP contribution in [0.3, 0.4) is 0 Å². The van der Waals surface area contributed by atoms with Gasteiger partial charge < -0.3 is 5.32 Å². The lowest BCUT2D eigenvalue weighted by Gasteiger charge is -2.29. The second-order valence-corrected chi connectivity index (χ2v) is 5.55. The van der Waals surface area contributed by atoms with Gasteiger partial charge in [0.05, 0.1) is 0 Å². The summed E-state index contributed by atoms with van der Waals surface area (Å²) < 4.78 is 0. The van der Waals surface area contributed by atoms with Gasteiger partial charge >= 0.3 is 0 Å². The second-order valence-electron chi connectivity index (χ2n) is 5.55.